The average Bonchev–Trinajstić information content (AvgIpc) is 2.58. The first-order valence-electron chi connectivity index (χ1n) is 6.79. The summed E-state index contributed by atoms with van der Waals surface area (Å²) in [7, 11) is 0. The molecule has 2 atom stereocenters. The van der Waals surface area contributed by atoms with Gasteiger partial charge < -0.3 is 5.32 Å². The zero-order valence-electron chi connectivity index (χ0n) is 11.1. The molecule has 0 radical (unpaired) electrons. The average molecular weight is 300 g/mol. The molecule has 1 aromatic rings. The first kappa shape index (κ1) is 14.7. The molecule has 4 heteroatoms. The Balaban J connectivity index is 2.09. The lowest BCUT2D eigenvalue weighted by molar-refractivity contribution is 0.0933. The van der Waals surface area contributed by atoms with Crippen LogP contribution in [0.15, 0.2) is 18.2 Å². The van der Waals surface area contributed by atoms with E-state index in [2.05, 4.69) is 5.32 Å². The maximum absolute atomic E-state index is 12.3. The smallest absolute Gasteiger partial charge is 0.251 e. The van der Waals surface area contributed by atoms with Crippen molar-refractivity contribution in [2.75, 3.05) is 0 Å². The van der Waals surface area contributed by atoms with Gasteiger partial charge in [0, 0.05) is 16.6 Å². The molecule has 2 rings (SSSR count). The van der Waals surface area contributed by atoms with Gasteiger partial charge in [-0.3, -0.25) is 4.79 Å². The molecule has 1 amide bonds. The second-order valence-corrected chi connectivity index (χ2v) is 6.19. The molecule has 0 bridgehead atoms. The minimum atomic E-state index is -0.0717. The minimum absolute atomic E-state index is 0.0333. The molecular formula is C15H19Cl2NO. The van der Waals surface area contributed by atoms with Crippen LogP contribution in [0, 0.1) is 6.92 Å². The lowest BCUT2D eigenvalue weighted by atomic mass is 10.1. The Morgan fingerprint density at radius 2 is 2.00 bits per heavy atom. The Kier molecular flexibility index (Phi) is 5.12. The van der Waals surface area contributed by atoms with E-state index in [0.717, 1.165) is 31.2 Å². The fraction of sp³-hybridized carbons (Fsp3) is 0.533. The molecule has 0 aromatic heterocycles. The number of benzene rings is 1. The lowest BCUT2D eigenvalue weighted by Crippen LogP contribution is -2.40. The second kappa shape index (κ2) is 6.62. The van der Waals surface area contributed by atoms with Gasteiger partial charge in [0.15, 0.2) is 0 Å². The van der Waals surface area contributed by atoms with Crippen molar-refractivity contribution in [2.24, 2.45) is 0 Å². The van der Waals surface area contributed by atoms with E-state index in [4.69, 9.17) is 23.2 Å². The van der Waals surface area contributed by atoms with E-state index in [9.17, 15) is 4.79 Å². The number of hydrogen-bond donors (Lipinski definition) is 1. The monoisotopic (exact) mass is 299 g/mol. The standard InChI is InChI=1S/C15H19Cl2NO/c1-10-7-8-11(16)9-12(10)15(19)18-14-6-4-2-3-5-13(14)17/h7-9,13-14H,2-6H2,1H3,(H,18,19). The maximum Gasteiger partial charge on any atom is 0.251 e. The van der Waals surface area contributed by atoms with Gasteiger partial charge in [-0.2, -0.15) is 0 Å². The molecule has 0 aliphatic heterocycles. The highest BCUT2D eigenvalue weighted by atomic mass is 35.5. The fourth-order valence-corrected chi connectivity index (χ4v) is 3.03. The zero-order chi connectivity index (χ0) is 13.8. The summed E-state index contributed by atoms with van der Waals surface area (Å²) in [5.74, 6) is -0.0717. The molecule has 1 aliphatic carbocycles. The van der Waals surface area contributed by atoms with Crippen LogP contribution in [0.4, 0.5) is 0 Å². The highest BCUT2D eigenvalue weighted by Gasteiger charge is 2.24. The summed E-state index contributed by atoms with van der Waals surface area (Å²) >= 11 is 12.3. The van der Waals surface area contributed by atoms with Crippen LogP contribution in [-0.2, 0) is 0 Å². The number of halogens is 2. The quantitative estimate of drug-likeness (QED) is 0.639. The van der Waals surface area contributed by atoms with Crippen molar-refractivity contribution in [2.45, 2.75) is 50.4 Å². The summed E-state index contributed by atoms with van der Waals surface area (Å²) in [4.78, 5) is 12.3. The van der Waals surface area contributed by atoms with Crippen molar-refractivity contribution in [3.8, 4) is 0 Å². The van der Waals surface area contributed by atoms with E-state index in [0.29, 0.717) is 10.6 Å². The van der Waals surface area contributed by atoms with Crippen molar-refractivity contribution in [3.05, 3.63) is 34.3 Å². The van der Waals surface area contributed by atoms with E-state index in [-0.39, 0.29) is 17.3 Å². The van der Waals surface area contributed by atoms with E-state index in [1.807, 2.05) is 13.0 Å². The zero-order valence-corrected chi connectivity index (χ0v) is 12.6. The first-order valence-corrected chi connectivity index (χ1v) is 7.60. The van der Waals surface area contributed by atoms with Crippen LogP contribution in [0.5, 0.6) is 0 Å². The van der Waals surface area contributed by atoms with E-state index in [1.165, 1.54) is 6.42 Å². The third kappa shape index (κ3) is 3.87. The molecule has 0 heterocycles. The summed E-state index contributed by atoms with van der Waals surface area (Å²) in [6, 6.07) is 5.44. The molecule has 0 spiro atoms. The highest BCUT2D eigenvalue weighted by molar-refractivity contribution is 6.31. The molecule has 2 unspecified atom stereocenters. The molecule has 104 valence electrons. The summed E-state index contributed by atoms with van der Waals surface area (Å²) in [5, 5.41) is 3.68. The maximum atomic E-state index is 12.3. The van der Waals surface area contributed by atoms with Crippen LogP contribution >= 0.6 is 23.2 Å². The molecule has 1 aliphatic rings. The van der Waals surface area contributed by atoms with Crippen LogP contribution in [0.1, 0.15) is 48.0 Å². The third-order valence-electron chi connectivity index (χ3n) is 3.69. The normalized spacial score (nSPS) is 23.7. The summed E-state index contributed by atoms with van der Waals surface area (Å²) in [5.41, 5.74) is 1.57. The van der Waals surface area contributed by atoms with Gasteiger partial charge in [-0.15, -0.1) is 11.6 Å². The van der Waals surface area contributed by atoms with Crippen LogP contribution in [0.25, 0.3) is 0 Å². The number of aryl methyl sites for hydroxylation is 1. The summed E-state index contributed by atoms with van der Waals surface area (Å²) < 4.78 is 0. The third-order valence-corrected chi connectivity index (χ3v) is 4.45. The SMILES string of the molecule is Cc1ccc(Cl)cc1C(=O)NC1CCCCCC1Cl. The van der Waals surface area contributed by atoms with E-state index in [1.54, 1.807) is 12.1 Å². The van der Waals surface area contributed by atoms with Gasteiger partial charge in [0.1, 0.15) is 0 Å². The predicted octanol–water partition coefficient (Wildman–Crippen LogP) is 4.32. The minimum Gasteiger partial charge on any atom is -0.348 e. The fourth-order valence-electron chi connectivity index (χ4n) is 2.51. The van der Waals surface area contributed by atoms with Crippen molar-refractivity contribution in [1.82, 2.24) is 5.32 Å². The van der Waals surface area contributed by atoms with Gasteiger partial charge in [0.25, 0.3) is 5.91 Å². The second-order valence-electron chi connectivity index (χ2n) is 5.19. The van der Waals surface area contributed by atoms with Crippen LogP contribution in [-0.4, -0.2) is 17.3 Å². The largest absolute Gasteiger partial charge is 0.348 e. The molecule has 1 N–H and O–H groups in total. The number of nitrogens with one attached hydrogen (secondary N) is 1. The Bertz CT molecular complexity index is 461. The van der Waals surface area contributed by atoms with Crippen molar-refractivity contribution in [3.63, 3.8) is 0 Å². The number of amides is 1. The number of rotatable bonds is 2. The Morgan fingerprint density at radius 1 is 1.26 bits per heavy atom. The molecule has 1 aromatic carbocycles. The van der Waals surface area contributed by atoms with E-state index < -0.39 is 0 Å². The number of hydrogen-bond acceptors (Lipinski definition) is 1. The molecule has 1 saturated carbocycles. The van der Waals surface area contributed by atoms with Crippen molar-refractivity contribution in [1.29, 1.82) is 0 Å². The van der Waals surface area contributed by atoms with Crippen molar-refractivity contribution >= 4 is 29.1 Å². The van der Waals surface area contributed by atoms with Gasteiger partial charge in [-0.25, -0.2) is 0 Å². The predicted molar refractivity (Wildman–Crippen MR) is 80.2 cm³/mol. The van der Waals surface area contributed by atoms with Gasteiger partial charge in [-0.1, -0.05) is 36.9 Å². The lowest BCUT2D eigenvalue weighted by Gasteiger charge is -2.21. The van der Waals surface area contributed by atoms with E-state index >= 15 is 0 Å². The number of alkyl halides is 1. The Labute approximate surface area is 124 Å². The summed E-state index contributed by atoms with van der Waals surface area (Å²) in [6.45, 7) is 1.91. The topological polar surface area (TPSA) is 29.1 Å². The highest BCUT2D eigenvalue weighted by Crippen LogP contribution is 2.23. The molecule has 2 nitrogen and oxygen atoms in total. The number of carbonyl (C=O) groups is 1. The molecule has 19 heavy (non-hydrogen) atoms. The van der Waals surface area contributed by atoms with Gasteiger partial charge in [0.2, 0.25) is 0 Å². The van der Waals surface area contributed by atoms with Gasteiger partial charge >= 0.3 is 0 Å². The van der Waals surface area contributed by atoms with Crippen LogP contribution in [0.3, 0.4) is 0 Å². The van der Waals surface area contributed by atoms with Gasteiger partial charge in [-0.05, 0) is 37.5 Å². The van der Waals surface area contributed by atoms with Crippen molar-refractivity contribution < 1.29 is 4.79 Å². The van der Waals surface area contributed by atoms with Crippen LogP contribution < -0.4 is 5.32 Å². The number of carbonyl (C=O) groups excluding carboxylic acids is 1. The Morgan fingerprint density at radius 3 is 2.79 bits per heavy atom. The van der Waals surface area contributed by atoms with Gasteiger partial charge in [0.05, 0.1) is 5.38 Å². The first-order chi connectivity index (χ1) is 9.08. The molecule has 0 saturated heterocycles. The molecular weight excluding hydrogens is 281 g/mol. The van der Waals surface area contributed by atoms with Crippen LogP contribution in [0.2, 0.25) is 5.02 Å². The molecule has 1 fully saturated rings. The Hall–Kier alpha value is -0.730. The summed E-state index contributed by atoms with van der Waals surface area (Å²) in [6.07, 6.45) is 5.41.